The molecule has 0 aliphatic carbocycles. The SMILES string of the molecule is CCCC(CC(=O)O)NC(=O)Nc1cc(F)c(Br)cc1F. The van der Waals surface area contributed by atoms with Gasteiger partial charge in [0.1, 0.15) is 11.6 Å². The van der Waals surface area contributed by atoms with E-state index in [0.29, 0.717) is 12.8 Å². The van der Waals surface area contributed by atoms with Crippen LogP contribution in [0.2, 0.25) is 0 Å². The van der Waals surface area contributed by atoms with Crippen LogP contribution in [0.25, 0.3) is 0 Å². The Hall–Kier alpha value is -1.70. The van der Waals surface area contributed by atoms with Crippen molar-refractivity contribution >= 4 is 33.6 Å². The molecule has 0 radical (unpaired) electrons. The number of anilines is 1. The molecule has 0 aliphatic heterocycles. The Morgan fingerprint density at radius 1 is 1.33 bits per heavy atom. The lowest BCUT2D eigenvalue weighted by Crippen LogP contribution is -2.39. The third-order valence-corrected chi connectivity index (χ3v) is 3.26. The van der Waals surface area contributed by atoms with Crippen molar-refractivity contribution in [3.8, 4) is 0 Å². The molecular weight excluding hydrogens is 350 g/mol. The molecule has 0 fully saturated rings. The lowest BCUT2D eigenvalue weighted by molar-refractivity contribution is -0.137. The van der Waals surface area contributed by atoms with Gasteiger partial charge in [-0.15, -0.1) is 0 Å². The fourth-order valence-corrected chi connectivity index (χ4v) is 2.06. The Balaban J connectivity index is 2.71. The van der Waals surface area contributed by atoms with Crippen LogP contribution in [0.15, 0.2) is 16.6 Å². The van der Waals surface area contributed by atoms with E-state index < -0.39 is 29.7 Å². The maximum absolute atomic E-state index is 13.6. The third kappa shape index (κ3) is 5.66. The number of rotatable bonds is 6. The van der Waals surface area contributed by atoms with Gasteiger partial charge in [0, 0.05) is 12.1 Å². The highest BCUT2D eigenvalue weighted by Gasteiger charge is 2.17. The summed E-state index contributed by atoms with van der Waals surface area (Å²) < 4.78 is 26.8. The van der Waals surface area contributed by atoms with E-state index >= 15 is 0 Å². The number of carbonyl (C=O) groups excluding carboxylic acids is 1. The number of amides is 2. The van der Waals surface area contributed by atoms with Gasteiger partial charge >= 0.3 is 12.0 Å². The molecule has 21 heavy (non-hydrogen) atoms. The van der Waals surface area contributed by atoms with E-state index in [0.717, 1.165) is 12.1 Å². The Bertz CT molecular complexity index is 540. The molecule has 0 bridgehead atoms. The van der Waals surface area contributed by atoms with E-state index in [1.54, 1.807) is 0 Å². The molecule has 1 rings (SSSR count). The van der Waals surface area contributed by atoms with E-state index in [9.17, 15) is 18.4 Å². The topological polar surface area (TPSA) is 78.4 Å². The van der Waals surface area contributed by atoms with Crippen LogP contribution in [0.3, 0.4) is 0 Å². The van der Waals surface area contributed by atoms with E-state index in [1.165, 1.54) is 0 Å². The molecule has 0 spiro atoms. The normalized spacial score (nSPS) is 11.8. The molecule has 0 aliphatic rings. The fraction of sp³-hybridized carbons (Fsp3) is 0.385. The molecule has 1 aromatic carbocycles. The first kappa shape index (κ1) is 17.4. The highest BCUT2D eigenvalue weighted by molar-refractivity contribution is 9.10. The minimum atomic E-state index is -1.05. The van der Waals surface area contributed by atoms with Gasteiger partial charge < -0.3 is 15.7 Å². The molecule has 8 heteroatoms. The summed E-state index contributed by atoms with van der Waals surface area (Å²) in [5.41, 5.74) is -0.321. The quantitative estimate of drug-likeness (QED) is 0.676. The number of aliphatic carboxylic acids is 1. The predicted octanol–water partition coefficient (Wildman–Crippen LogP) is 3.49. The minimum Gasteiger partial charge on any atom is -0.481 e. The van der Waals surface area contributed by atoms with Crippen LogP contribution in [0.4, 0.5) is 19.3 Å². The van der Waals surface area contributed by atoms with Crippen LogP contribution in [-0.4, -0.2) is 23.1 Å². The predicted molar refractivity (Wildman–Crippen MR) is 77.2 cm³/mol. The number of hydrogen-bond donors (Lipinski definition) is 3. The second-order valence-corrected chi connectivity index (χ2v) is 5.28. The molecule has 1 atom stereocenters. The van der Waals surface area contributed by atoms with Crippen molar-refractivity contribution in [1.82, 2.24) is 5.32 Å². The standard InChI is InChI=1S/C13H15BrF2N2O3/c1-2-3-7(4-12(19)20)17-13(21)18-11-6-9(15)8(14)5-10(11)16/h5-7H,2-4H2,1H3,(H,19,20)(H2,17,18,21). The maximum Gasteiger partial charge on any atom is 0.319 e. The number of halogens is 3. The van der Waals surface area contributed by atoms with Crippen LogP contribution < -0.4 is 10.6 Å². The van der Waals surface area contributed by atoms with E-state index in [4.69, 9.17) is 5.11 Å². The van der Waals surface area contributed by atoms with Crippen molar-refractivity contribution in [2.75, 3.05) is 5.32 Å². The monoisotopic (exact) mass is 364 g/mol. The molecule has 0 heterocycles. The first-order chi connectivity index (χ1) is 9.83. The van der Waals surface area contributed by atoms with Crippen molar-refractivity contribution in [3.05, 3.63) is 28.2 Å². The molecule has 1 aromatic rings. The molecule has 2 amide bonds. The van der Waals surface area contributed by atoms with Crippen LogP contribution >= 0.6 is 15.9 Å². The number of carboxylic acids is 1. The average molecular weight is 365 g/mol. The Labute approximate surface area is 128 Å². The van der Waals surface area contributed by atoms with Crippen molar-refractivity contribution in [1.29, 1.82) is 0 Å². The highest BCUT2D eigenvalue weighted by atomic mass is 79.9. The summed E-state index contributed by atoms with van der Waals surface area (Å²) in [4.78, 5) is 22.4. The van der Waals surface area contributed by atoms with Gasteiger partial charge in [0.05, 0.1) is 16.6 Å². The minimum absolute atomic E-state index is 0.0549. The Kier molecular flexibility index (Phi) is 6.54. The Morgan fingerprint density at radius 3 is 2.57 bits per heavy atom. The molecule has 0 saturated heterocycles. The summed E-state index contributed by atoms with van der Waals surface area (Å²) in [6.45, 7) is 1.85. The molecule has 1 unspecified atom stereocenters. The van der Waals surface area contributed by atoms with Gasteiger partial charge in [0.15, 0.2) is 0 Å². The fourth-order valence-electron chi connectivity index (χ4n) is 1.75. The van der Waals surface area contributed by atoms with Crippen LogP contribution in [0.1, 0.15) is 26.2 Å². The van der Waals surface area contributed by atoms with Gasteiger partial charge in [-0.25, -0.2) is 13.6 Å². The van der Waals surface area contributed by atoms with Gasteiger partial charge in [-0.2, -0.15) is 0 Å². The molecule has 3 N–H and O–H groups in total. The summed E-state index contributed by atoms with van der Waals surface area (Å²) in [7, 11) is 0. The van der Waals surface area contributed by atoms with Gasteiger partial charge in [0.25, 0.3) is 0 Å². The van der Waals surface area contributed by atoms with E-state index in [-0.39, 0.29) is 16.6 Å². The number of carboxylic acid groups (broad SMARTS) is 1. The van der Waals surface area contributed by atoms with Gasteiger partial charge in [-0.3, -0.25) is 4.79 Å². The maximum atomic E-state index is 13.6. The molecule has 0 aromatic heterocycles. The largest absolute Gasteiger partial charge is 0.481 e. The number of hydrogen-bond acceptors (Lipinski definition) is 2. The molecular formula is C13H15BrF2N2O3. The van der Waals surface area contributed by atoms with E-state index in [2.05, 4.69) is 26.6 Å². The van der Waals surface area contributed by atoms with Crippen LogP contribution in [-0.2, 0) is 4.79 Å². The lowest BCUT2D eigenvalue weighted by atomic mass is 10.1. The summed E-state index contributed by atoms with van der Waals surface area (Å²) >= 11 is 2.83. The van der Waals surface area contributed by atoms with Crippen LogP contribution in [0, 0.1) is 11.6 Å². The molecule has 0 saturated carbocycles. The second kappa shape index (κ2) is 7.92. The zero-order valence-electron chi connectivity index (χ0n) is 11.3. The van der Waals surface area contributed by atoms with Crippen molar-refractivity contribution in [2.24, 2.45) is 0 Å². The number of urea groups is 1. The summed E-state index contributed by atoms with van der Waals surface area (Å²) in [5, 5.41) is 13.3. The third-order valence-electron chi connectivity index (χ3n) is 2.65. The number of carbonyl (C=O) groups is 2. The summed E-state index contributed by atoms with van der Waals surface area (Å²) in [5.74, 6) is -2.57. The van der Waals surface area contributed by atoms with E-state index in [1.807, 2.05) is 6.92 Å². The van der Waals surface area contributed by atoms with Gasteiger partial charge in [-0.1, -0.05) is 13.3 Å². The first-order valence-corrected chi connectivity index (χ1v) is 7.06. The first-order valence-electron chi connectivity index (χ1n) is 6.27. The second-order valence-electron chi connectivity index (χ2n) is 4.43. The van der Waals surface area contributed by atoms with Crippen molar-refractivity contribution in [2.45, 2.75) is 32.2 Å². The molecule has 116 valence electrons. The van der Waals surface area contributed by atoms with Crippen molar-refractivity contribution in [3.63, 3.8) is 0 Å². The Morgan fingerprint density at radius 2 is 2.00 bits per heavy atom. The van der Waals surface area contributed by atoms with Gasteiger partial charge in [0.2, 0.25) is 0 Å². The molecule has 5 nitrogen and oxygen atoms in total. The number of benzene rings is 1. The summed E-state index contributed by atoms with van der Waals surface area (Å²) in [6.07, 6.45) is 0.912. The smallest absolute Gasteiger partial charge is 0.319 e. The zero-order valence-corrected chi connectivity index (χ0v) is 12.8. The lowest BCUT2D eigenvalue weighted by Gasteiger charge is -2.17. The van der Waals surface area contributed by atoms with Crippen molar-refractivity contribution < 1.29 is 23.5 Å². The average Bonchev–Trinajstić information content (AvgIpc) is 2.35. The zero-order chi connectivity index (χ0) is 16.0. The number of nitrogens with one attached hydrogen (secondary N) is 2. The highest BCUT2D eigenvalue weighted by Crippen LogP contribution is 2.23. The summed E-state index contributed by atoms with van der Waals surface area (Å²) in [6, 6.07) is 0.377. The van der Waals surface area contributed by atoms with Gasteiger partial charge in [-0.05, 0) is 28.4 Å². The van der Waals surface area contributed by atoms with Crippen LogP contribution in [0.5, 0.6) is 0 Å².